The first kappa shape index (κ1) is 21.8. The Kier molecular flexibility index (Phi) is 4.49. The average Bonchev–Trinajstić information content (AvgIpc) is 2.89. The Morgan fingerprint density at radius 1 is 0.541 bits per heavy atom. The number of para-hydroxylation sites is 2. The van der Waals surface area contributed by atoms with Gasteiger partial charge in [0.2, 0.25) is 0 Å². The molecule has 8 rings (SSSR count). The highest BCUT2D eigenvalue weighted by Crippen LogP contribution is 2.66. The van der Waals surface area contributed by atoms with E-state index in [2.05, 4.69) is 76.5 Å². The van der Waals surface area contributed by atoms with Crippen LogP contribution < -0.4 is 30.5 Å². The Bertz CT molecular complexity index is 1700. The van der Waals surface area contributed by atoms with Crippen molar-refractivity contribution in [3.05, 3.63) is 113 Å². The van der Waals surface area contributed by atoms with Gasteiger partial charge in [-0.25, -0.2) is 0 Å². The fourth-order valence-corrected chi connectivity index (χ4v) is 11.4. The van der Waals surface area contributed by atoms with Crippen molar-refractivity contribution in [1.82, 2.24) is 0 Å². The van der Waals surface area contributed by atoms with E-state index < -0.39 is 6.04 Å². The number of anilines is 6. The van der Waals surface area contributed by atoms with Gasteiger partial charge in [0.15, 0.2) is 0 Å². The van der Waals surface area contributed by atoms with Crippen molar-refractivity contribution in [2.45, 2.75) is 0 Å². The fraction of sp³-hybridized carbons (Fsp3) is 0. The summed E-state index contributed by atoms with van der Waals surface area (Å²) in [5.41, 5.74) is 6.17. The summed E-state index contributed by atoms with van der Waals surface area (Å²) >= 11 is 20.3. The van der Waals surface area contributed by atoms with Crippen LogP contribution in [0.1, 0.15) is 0 Å². The lowest BCUT2D eigenvalue weighted by molar-refractivity contribution is 0.488. The molecule has 0 spiro atoms. The van der Waals surface area contributed by atoms with Crippen molar-refractivity contribution in [1.29, 1.82) is 0 Å². The Hall–Kier alpha value is -3.27. The molecule has 0 atom stereocenters. The second kappa shape index (κ2) is 7.63. The molecule has 0 unspecified atom stereocenters. The molecule has 178 valence electrons. The Morgan fingerprint density at radius 2 is 1.00 bits per heavy atom. The summed E-state index contributed by atoms with van der Waals surface area (Å²) in [6.07, 6.45) is 0. The summed E-state index contributed by atoms with van der Waals surface area (Å²) in [5, 5.41) is 4.45. The summed E-state index contributed by atoms with van der Waals surface area (Å²) < 4.78 is 6.58. The highest BCUT2D eigenvalue weighted by molar-refractivity contribution is 8.26. The van der Waals surface area contributed by atoms with Crippen LogP contribution in [0.5, 0.6) is 11.5 Å². The van der Waals surface area contributed by atoms with Crippen LogP contribution in [0, 0.1) is 0 Å². The van der Waals surface area contributed by atoms with Crippen LogP contribution in [0.2, 0.25) is 10.0 Å². The zero-order chi connectivity index (χ0) is 24.9. The average molecular weight is 555 g/mol. The highest BCUT2D eigenvalue weighted by atomic mass is 35.5. The molecular formula is C30H17Cl2N2OPS. The predicted molar refractivity (Wildman–Crippen MR) is 159 cm³/mol. The van der Waals surface area contributed by atoms with E-state index in [0.29, 0.717) is 21.5 Å². The third-order valence-electron chi connectivity index (χ3n) is 7.19. The molecule has 0 saturated carbocycles. The molecule has 3 nitrogen and oxygen atoms in total. The van der Waals surface area contributed by atoms with Crippen molar-refractivity contribution < 1.29 is 4.74 Å². The van der Waals surface area contributed by atoms with Crippen LogP contribution in [0.3, 0.4) is 0 Å². The molecule has 3 aliphatic heterocycles. The van der Waals surface area contributed by atoms with Gasteiger partial charge in [0.05, 0.1) is 39.4 Å². The van der Waals surface area contributed by atoms with Crippen molar-refractivity contribution in [2.75, 3.05) is 9.80 Å². The van der Waals surface area contributed by atoms with Gasteiger partial charge in [0, 0.05) is 38.9 Å². The van der Waals surface area contributed by atoms with Crippen LogP contribution >= 0.6 is 29.2 Å². The maximum absolute atomic E-state index is 6.87. The summed E-state index contributed by atoms with van der Waals surface area (Å²) in [6, 6.07) is 32.4. The lowest BCUT2D eigenvalue weighted by Crippen LogP contribution is -2.45. The number of hydrogen-bond acceptors (Lipinski definition) is 4. The summed E-state index contributed by atoms with van der Waals surface area (Å²) in [7, 11) is 0. The van der Waals surface area contributed by atoms with Crippen LogP contribution in [0.15, 0.2) is 103 Å². The lowest BCUT2D eigenvalue weighted by Gasteiger charge is -2.49. The van der Waals surface area contributed by atoms with Crippen molar-refractivity contribution >= 4 is 91.1 Å². The number of ether oxygens (including phenoxy) is 1. The maximum atomic E-state index is 6.87. The zero-order valence-corrected chi connectivity index (χ0v) is 22.5. The van der Waals surface area contributed by atoms with E-state index >= 15 is 0 Å². The Balaban J connectivity index is 1.57. The van der Waals surface area contributed by atoms with E-state index in [1.165, 1.54) is 0 Å². The van der Waals surface area contributed by atoms with Gasteiger partial charge >= 0.3 is 0 Å². The van der Waals surface area contributed by atoms with E-state index in [1.807, 2.05) is 36.4 Å². The van der Waals surface area contributed by atoms with Gasteiger partial charge in [-0.15, -0.1) is 0 Å². The van der Waals surface area contributed by atoms with Gasteiger partial charge in [-0.3, -0.25) is 0 Å². The molecule has 3 aliphatic rings. The first-order chi connectivity index (χ1) is 18.1. The molecule has 0 amide bonds. The van der Waals surface area contributed by atoms with Crippen LogP contribution in [0.4, 0.5) is 34.1 Å². The second-order valence-electron chi connectivity index (χ2n) is 9.24. The molecule has 5 aromatic carbocycles. The second-order valence-corrected chi connectivity index (χ2v) is 14.3. The minimum Gasteiger partial charge on any atom is -0.456 e. The van der Waals surface area contributed by atoms with Gasteiger partial charge in [-0.05, 0) is 48.5 Å². The molecule has 0 fully saturated rings. The minimum atomic E-state index is -2.53. The van der Waals surface area contributed by atoms with Crippen LogP contribution in [-0.2, 0) is 11.8 Å². The molecule has 0 radical (unpaired) electrons. The third kappa shape index (κ3) is 2.82. The number of halogens is 2. The van der Waals surface area contributed by atoms with Crippen molar-refractivity contribution in [3.8, 4) is 11.5 Å². The third-order valence-corrected chi connectivity index (χ3v) is 12.5. The van der Waals surface area contributed by atoms with Gasteiger partial charge in [-0.1, -0.05) is 77.5 Å². The van der Waals surface area contributed by atoms with E-state index in [9.17, 15) is 0 Å². The Morgan fingerprint density at radius 3 is 1.46 bits per heavy atom. The number of benzene rings is 5. The monoisotopic (exact) mass is 554 g/mol. The molecule has 0 bridgehead atoms. The Labute approximate surface area is 229 Å². The number of rotatable bonds is 2. The molecule has 0 saturated heterocycles. The standard InChI is InChI=1S/C30H17Cl2N2OPS/c31-18-14-24-29-26(16-18)35-27-17-19(32)15-25-30(27)36(29,37)28-22(33(24)20-8-3-1-4-9-20)12-7-13-23(28)34(25)21-10-5-2-6-11-21/h1-17H. The van der Waals surface area contributed by atoms with Gasteiger partial charge in [-0.2, -0.15) is 0 Å². The van der Waals surface area contributed by atoms with E-state index in [-0.39, 0.29) is 0 Å². The number of hydrogen-bond donors (Lipinski definition) is 0. The first-order valence-electron chi connectivity index (χ1n) is 11.9. The summed E-state index contributed by atoms with van der Waals surface area (Å²) in [4.78, 5) is 4.54. The molecule has 0 N–H and O–H groups in total. The van der Waals surface area contributed by atoms with Gasteiger partial charge < -0.3 is 14.5 Å². The topological polar surface area (TPSA) is 15.7 Å². The van der Waals surface area contributed by atoms with E-state index in [0.717, 1.165) is 50.0 Å². The summed E-state index contributed by atoms with van der Waals surface area (Å²) in [5.74, 6) is 1.42. The quantitative estimate of drug-likeness (QED) is 0.199. The van der Waals surface area contributed by atoms with E-state index in [1.54, 1.807) is 0 Å². The summed E-state index contributed by atoms with van der Waals surface area (Å²) in [6.45, 7) is 0. The predicted octanol–water partition coefficient (Wildman–Crippen LogP) is 8.42. The number of nitrogens with zero attached hydrogens (tertiary/aromatic N) is 2. The molecule has 37 heavy (non-hydrogen) atoms. The van der Waals surface area contributed by atoms with Crippen molar-refractivity contribution in [2.24, 2.45) is 0 Å². The van der Waals surface area contributed by atoms with Gasteiger partial charge in [0.25, 0.3) is 0 Å². The minimum absolute atomic E-state index is 0.601. The molecule has 0 aliphatic carbocycles. The SMILES string of the molecule is S=P12c3c4cc(Cl)cc3N(c3ccccc3)c3cccc(c31)N(c1ccccc1)c1cc(Cl)cc(c12)O4. The van der Waals surface area contributed by atoms with Crippen LogP contribution in [-0.4, -0.2) is 0 Å². The molecular weight excluding hydrogens is 538 g/mol. The fourth-order valence-electron chi connectivity index (χ4n) is 5.88. The molecule has 5 aromatic rings. The van der Waals surface area contributed by atoms with Crippen molar-refractivity contribution in [3.63, 3.8) is 0 Å². The smallest absolute Gasteiger partial charge is 0.140 e. The normalized spacial score (nSPS) is 15.2. The first-order valence-corrected chi connectivity index (χ1v) is 15.4. The molecule has 3 heterocycles. The van der Waals surface area contributed by atoms with E-state index in [4.69, 9.17) is 39.7 Å². The zero-order valence-electron chi connectivity index (χ0n) is 19.2. The largest absolute Gasteiger partial charge is 0.456 e. The highest BCUT2D eigenvalue weighted by Gasteiger charge is 2.50. The van der Waals surface area contributed by atoms with Gasteiger partial charge in [0.1, 0.15) is 11.5 Å². The maximum Gasteiger partial charge on any atom is 0.140 e. The lowest BCUT2D eigenvalue weighted by atomic mass is 10.1. The van der Waals surface area contributed by atoms with Crippen LogP contribution in [0.25, 0.3) is 0 Å². The molecule has 7 heteroatoms. The molecule has 0 aromatic heterocycles.